The second kappa shape index (κ2) is 5.24. The molecule has 0 atom stereocenters. The zero-order valence-electron chi connectivity index (χ0n) is 11.3. The minimum absolute atomic E-state index is 0.0617. The molecule has 1 heterocycles. The van der Waals surface area contributed by atoms with Crippen molar-refractivity contribution in [1.82, 2.24) is 14.7 Å². The van der Waals surface area contributed by atoms with Crippen molar-refractivity contribution in [1.29, 1.82) is 0 Å². The minimum Gasteiger partial charge on any atom is -0.392 e. The molecule has 100 valence electrons. The van der Waals surface area contributed by atoms with Crippen molar-refractivity contribution >= 4 is 5.91 Å². The van der Waals surface area contributed by atoms with Crippen molar-refractivity contribution in [2.75, 3.05) is 14.1 Å². The number of aromatic nitrogens is 2. The van der Waals surface area contributed by atoms with Crippen molar-refractivity contribution in [2.24, 2.45) is 0 Å². The van der Waals surface area contributed by atoms with Gasteiger partial charge in [0.05, 0.1) is 12.3 Å². The van der Waals surface area contributed by atoms with Crippen LogP contribution in [0.15, 0.2) is 30.5 Å². The van der Waals surface area contributed by atoms with Gasteiger partial charge < -0.3 is 10.0 Å². The zero-order valence-corrected chi connectivity index (χ0v) is 11.3. The molecular formula is C14H17N3O2. The van der Waals surface area contributed by atoms with Gasteiger partial charge >= 0.3 is 0 Å². The first-order valence-corrected chi connectivity index (χ1v) is 6.01. The Morgan fingerprint density at radius 2 is 2.11 bits per heavy atom. The van der Waals surface area contributed by atoms with Crippen molar-refractivity contribution in [2.45, 2.75) is 13.5 Å². The Bertz CT molecular complexity index is 602. The number of carbonyl (C=O) groups is 1. The summed E-state index contributed by atoms with van der Waals surface area (Å²) in [5.74, 6) is -0.142. The van der Waals surface area contributed by atoms with Gasteiger partial charge in [0.2, 0.25) is 0 Å². The highest BCUT2D eigenvalue weighted by Gasteiger charge is 2.13. The lowest BCUT2D eigenvalue weighted by Gasteiger charge is -2.09. The van der Waals surface area contributed by atoms with Crippen LogP contribution in [0.2, 0.25) is 0 Å². The van der Waals surface area contributed by atoms with Crippen LogP contribution >= 0.6 is 0 Å². The summed E-state index contributed by atoms with van der Waals surface area (Å²) in [5.41, 5.74) is 3.02. The van der Waals surface area contributed by atoms with E-state index in [0.717, 1.165) is 16.8 Å². The number of benzene rings is 1. The second-order valence-electron chi connectivity index (χ2n) is 4.64. The number of aliphatic hydroxyl groups excluding tert-OH is 1. The largest absolute Gasteiger partial charge is 0.392 e. The smallest absolute Gasteiger partial charge is 0.273 e. The van der Waals surface area contributed by atoms with Crippen molar-refractivity contribution in [3.63, 3.8) is 0 Å². The van der Waals surface area contributed by atoms with Crippen LogP contribution in [0.25, 0.3) is 5.69 Å². The number of hydrogen-bond donors (Lipinski definition) is 1. The van der Waals surface area contributed by atoms with Gasteiger partial charge in [0.25, 0.3) is 5.91 Å². The molecule has 19 heavy (non-hydrogen) atoms. The van der Waals surface area contributed by atoms with Crippen molar-refractivity contribution in [3.05, 3.63) is 47.3 Å². The molecule has 0 bridgehead atoms. The number of carbonyl (C=O) groups excluding carboxylic acids is 1. The summed E-state index contributed by atoms with van der Waals surface area (Å²) in [5, 5.41) is 13.6. The number of hydrogen-bond acceptors (Lipinski definition) is 3. The van der Waals surface area contributed by atoms with Crippen LogP contribution in [-0.4, -0.2) is 39.8 Å². The topological polar surface area (TPSA) is 58.4 Å². The van der Waals surface area contributed by atoms with Crippen LogP contribution < -0.4 is 0 Å². The molecule has 2 rings (SSSR count). The first kappa shape index (κ1) is 13.3. The van der Waals surface area contributed by atoms with Gasteiger partial charge in [0.1, 0.15) is 0 Å². The average molecular weight is 259 g/mol. The van der Waals surface area contributed by atoms with E-state index in [2.05, 4.69) is 5.10 Å². The summed E-state index contributed by atoms with van der Waals surface area (Å²) in [7, 11) is 3.37. The predicted octanol–water partition coefficient (Wildman–Crippen LogP) is 1.37. The lowest BCUT2D eigenvalue weighted by molar-refractivity contribution is 0.0821. The number of nitrogens with zero attached hydrogens (tertiary/aromatic N) is 3. The summed E-state index contributed by atoms with van der Waals surface area (Å²) < 4.78 is 1.61. The Balaban J connectivity index is 2.41. The molecule has 0 aliphatic carbocycles. The third-order valence-corrected chi connectivity index (χ3v) is 2.87. The third-order valence-electron chi connectivity index (χ3n) is 2.87. The molecular weight excluding hydrogens is 242 g/mol. The summed E-state index contributed by atoms with van der Waals surface area (Å²) in [6.07, 6.45) is 1.72. The van der Waals surface area contributed by atoms with Gasteiger partial charge in [-0.1, -0.05) is 17.7 Å². The maximum atomic E-state index is 11.8. The molecule has 1 amide bonds. The quantitative estimate of drug-likeness (QED) is 0.905. The van der Waals surface area contributed by atoms with Gasteiger partial charge in [-0.05, 0) is 19.1 Å². The number of amides is 1. The highest BCUT2D eigenvalue weighted by molar-refractivity contribution is 5.91. The van der Waals surface area contributed by atoms with E-state index in [1.54, 1.807) is 31.0 Å². The molecule has 0 aliphatic heterocycles. The fraction of sp³-hybridized carbons (Fsp3) is 0.286. The Hall–Kier alpha value is -2.14. The van der Waals surface area contributed by atoms with Crippen LogP contribution in [0.4, 0.5) is 0 Å². The van der Waals surface area contributed by atoms with Gasteiger partial charge in [-0.25, -0.2) is 4.68 Å². The van der Waals surface area contributed by atoms with E-state index in [-0.39, 0.29) is 12.5 Å². The van der Waals surface area contributed by atoms with Crippen LogP contribution in [0.3, 0.4) is 0 Å². The van der Waals surface area contributed by atoms with Crippen LogP contribution in [0.1, 0.15) is 21.6 Å². The third kappa shape index (κ3) is 2.66. The maximum Gasteiger partial charge on any atom is 0.273 e. The number of aliphatic hydroxyl groups is 1. The van der Waals surface area contributed by atoms with E-state index in [0.29, 0.717) is 5.69 Å². The molecule has 0 aliphatic rings. The highest BCUT2D eigenvalue weighted by atomic mass is 16.3. The standard InChI is InChI=1S/C14H17N3O2/c1-10-4-5-13(11(8-10)9-18)17-7-6-12(15-17)14(19)16(2)3/h4-8,18H,9H2,1-3H3. The summed E-state index contributed by atoms with van der Waals surface area (Å²) in [6, 6.07) is 7.41. The van der Waals surface area contributed by atoms with Gasteiger partial charge in [0, 0.05) is 25.9 Å². The molecule has 0 saturated heterocycles. The van der Waals surface area contributed by atoms with E-state index in [1.807, 2.05) is 25.1 Å². The molecule has 0 radical (unpaired) electrons. The average Bonchev–Trinajstić information content (AvgIpc) is 2.86. The fourth-order valence-electron chi connectivity index (χ4n) is 1.87. The van der Waals surface area contributed by atoms with E-state index >= 15 is 0 Å². The van der Waals surface area contributed by atoms with Gasteiger partial charge in [-0.15, -0.1) is 0 Å². The van der Waals surface area contributed by atoms with E-state index < -0.39 is 0 Å². The molecule has 0 spiro atoms. The summed E-state index contributed by atoms with van der Waals surface area (Å²) >= 11 is 0. The lowest BCUT2D eigenvalue weighted by atomic mass is 10.1. The summed E-state index contributed by atoms with van der Waals surface area (Å²) in [6.45, 7) is 1.90. The van der Waals surface area contributed by atoms with Crippen LogP contribution in [0, 0.1) is 6.92 Å². The van der Waals surface area contributed by atoms with Gasteiger partial charge in [-0.3, -0.25) is 4.79 Å². The molecule has 1 aromatic carbocycles. The molecule has 0 fully saturated rings. The highest BCUT2D eigenvalue weighted by Crippen LogP contribution is 2.16. The van der Waals surface area contributed by atoms with Crippen LogP contribution in [0.5, 0.6) is 0 Å². The summed E-state index contributed by atoms with van der Waals surface area (Å²) in [4.78, 5) is 13.3. The van der Waals surface area contributed by atoms with Crippen molar-refractivity contribution in [3.8, 4) is 5.69 Å². The lowest BCUT2D eigenvalue weighted by Crippen LogP contribution is -2.22. The normalized spacial score (nSPS) is 10.5. The van der Waals surface area contributed by atoms with E-state index in [1.165, 1.54) is 4.90 Å². The number of aryl methyl sites for hydroxylation is 1. The Morgan fingerprint density at radius 1 is 1.37 bits per heavy atom. The Morgan fingerprint density at radius 3 is 2.74 bits per heavy atom. The second-order valence-corrected chi connectivity index (χ2v) is 4.64. The molecule has 2 aromatic rings. The number of rotatable bonds is 3. The van der Waals surface area contributed by atoms with Gasteiger partial charge in [-0.2, -0.15) is 5.10 Å². The molecule has 0 saturated carbocycles. The maximum absolute atomic E-state index is 11.8. The molecule has 5 nitrogen and oxygen atoms in total. The first-order valence-electron chi connectivity index (χ1n) is 6.01. The zero-order chi connectivity index (χ0) is 14.0. The molecule has 1 aromatic heterocycles. The fourth-order valence-corrected chi connectivity index (χ4v) is 1.87. The van der Waals surface area contributed by atoms with E-state index in [4.69, 9.17) is 0 Å². The molecule has 5 heteroatoms. The van der Waals surface area contributed by atoms with E-state index in [9.17, 15) is 9.90 Å². The molecule has 1 N–H and O–H groups in total. The molecule has 0 unspecified atom stereocenters. The Kier molecular flexibility index (Phi) is 3.66. The van der Waals surface area contributed by atoms with Gasteiger partial charge in [0.15, 0.2) is 5.69 Å². The SMILES string of the molecule is Cc1ccc(-n2ccc(C(=O)N(C)C)n2)c(CO)c1. The van der Waals surface area contributed by atoms with Crippen molar-refractivity contribution < 1.29 is 9.90 Å². The first-order chi connectivity index (χ1) is 9.02. The predicted molar refractivity (Wildman–Crippen MR) is 72.2 cm³/mol. The monoisotopic (exact) mass is 259 g/mol. The van der Waals surface area contributed by atoms with Crippen LogP contribution in [-0.2, 0) is 6.61 Å². The Labute approximate surface area is 112 Å². The minimum atomic E-state index is -0.142.